The maximum atomic E-state index is 12.0. The third-order valence-corrected chi connectivity index (χ3v) is 6.60. The second kappa shape index (κ2) is 7.33. The molecule has 3 aromatic rings. The van der Waals surface area contributed by atoms with Gasteiger partial charge in [0.2, 0.25) is 5.91 Å². The minimum atomic E-state index is -0.0504. The Morgan fingerprint density at radius 2 is 2.13 bits per heavy atom. The maximum absolute atomic E-state index is 12.0. The Morgan fingerprint density at radius 3 is 2.80 bits per heavy atom. The molecule has 2 fully saturated rings. The quantitative estimate of drug-likeness (QED) is 0.670. The number of H-pyrrole nitrogens is 1. The zero-order valence-corrected chi connectivity index (χ0v) is 17.4. The van der Waals surface area contributed by atoms with E-state index in [9.17, 15) is 4.79 Å². The number of likely N-dealkylation sites (tertiary alicyclic amines) is 1. The van der Waals surface area contributed by atoms with Crippen LogP contribution in [0.1, 0.15) is 19.3 Å². The number of aromatic nitrogens is 4. The Bertz CT molecular complexity index is 1150. The number of rotatable bonds is 4. The molecule has 154 valence electrons. The number of aryl methyl sites for hydroxylation is 1. The van der Waals surface area contributed by atoms with E-state index in [1.54, 1.807) is 10.9 Å². The maximum Gasteiger partial charge on any atom is 0.236 e. The van der Waals surface area contributed by atoms with Crippen LogP contribution in [0.25, 0.3) is 22.3 Å². The van der Waals surface area contributed by atoms with Gasteiger partial charge in [0.25, 0.3) is 0 Å². The predicted octanol–water partition coefficient (Wildman–Crippen LogP) is 3.18. The zero-order chi connectivity index (χ0) is 20.8. The van der Waals surface area contributed by atoms with Gasteiger partial charge in [-0.15, -0.1) is 0 Å². The standard InChI is InChI=1S/C21H22ClN7O/c1-28-9-14(7-25-28)18-6-16-20(17(22)8-24-21(16)27-18)26-15-4-12-10-29(11-13(12)5-15)19(30)2-3-23/h6-9,12-13,15H,2,4-5,10-11H2,1H3,(H2,24,26,27). The summed E-state index contributed by atoms with van der Waals surface area (Å²) in [6.07, 6.45) is 7.39. The fraction of sp³-hybridized carbons (Fsp3) is 0.429. The highest BCUT2D eigenvalue weighted by Crippen LogP contribution is 2.41. The lowest BCUT2D eigenvalue weighted by Crippen LogP contribution is -2.30. The lowest BCUT2D eigenvalue weighted by atomic mass is 10.0. The molecule has 9 heteroatoms. The molecule has 0 radical (unpaired) electrons. The van der Waals surface area contributed by atoms with E-state index in [1.807, 2.05) is 30.4 Å². The molecule has 1 aliphatic heterocycles. The van der Waals surface area contributed by atoms with E-state index in [0.29, 0.717) is 22.9 Å². The van der Waals surface area contributed by atoms with Crippen molar-refractivity contribution < 1.29 is 4.79 Å². The highest BCUT2D eigenvalue weighted by Gasteiger charge is 2.42. The van der Waals surface area contributed by atoms with Crippen molar-refractivity contribution in [3.8, 4) is 17.3 Å². The van der Waals surface area contributed by atoms with E-state index in [1.165, 1.54) is 0 Å². The SMILES string of the molecule is Cn1cc(-c2cc3c(NC4CC5CN(C(=O)CC#N)CC5C4)c(Cl)cnc3[nH]2)cn1. The van der Waals surface area contributed by atoms with E-state index in [4.69, 9.17) is 16.9 Å². The molecule has 1 saturated heterocycles. The number of amides is 1. The van der Waals surface area contributed by atoms with E-state index < -0.39 is 0 Å². The van der Waals surface area contributed by atoms with E-state index in [0.717, 1.165) is 53.9 Å². The molecule has 2 aliphatic rings. The van der Waals surface area contributed by atoms with Gasteiger partial charge in [0.15, 0.2) is 0 Å². The van der Waals surface area contributed by atoms with Crippen LogP contribution in [0.4, 0.5) is 5.69 Å². The minimum absolute atomic E-state index is 0.0293. The number of nitrogens with one attached hydrogen (secondary N) is 2. The van der Waals surface area contributed by atoms with Gasteiger partial charge in [-0.05, 0) is 30.7 Å². The largest absolute Gasteiger partial charge is 0.380 e. The van der Waals surface area contributed by atoms with Gasteiger partial charge in [0.05, 0.1) is 34.9 Å². The van der Waals surface area contributed by atoms with Gasteiger partial charge >= 0.3 is 0 Å². The highest BCUT2D eigenvalue weighted by molar-refractivity contribution is 6.34. The molecule has 0 spiro atoms. The molecule has 0 bridgehead atoms. The summed E-state index contributed by atoms with van der Waals surface area (Å²) in [5.41, 5.74) is 3.63. The number of nitrogens with zero attached hydrogens (tertiary/aromatic N) is 5. The average Bonchev–Trinajstić information content (AvgIpc) is 3.46. The predicted molar refractivity (Wildman–Crippen MR) is 114 cm³/mol. The lowest BCUT2D eigenvalue weighted by Gasteiger charge is -2.20. The van der Waals surface area contributed by atoms with Crippen LogP contribution < -0.4 is 5.32 Å². The van der Waals surface area contributed by atoms with E-state index >= 15 is 0 Å². The molecule has 30 heavy (non-hydrogen) atoms. The second-order valence-electron chi connectivity index (χ2n) is 8.30. The van der Waals surface area contributed by atoms with Crippen molar-refractivity contribution in [2.24, 2.45) is 18.9 Å². The van der Waals surface area contributed by atoms with Crippen molar-refractivity contribution in [1.82, 2.24) is 24.6 Å². The molecular weight excluding hydrogens is 402 g/mol. The lowest BCUT2D eigenvalue weighted by molar-refractivity contribution is -0.129. The Kier molecular flexibility index (Phi) is 4.63. The Hall–Kier alpha value is -3.05. The Morgan fingerprint density at radius 1 is 1.37 bits per heavy atom. The molecular formula is C21H22ClN7O. The summed E-state index contributed by atoms with van der Waals surface area (Å²) in [6.45, 7) is 1.50. The molecule has 3 aromatic heterocycles. The van der Waals surface area contributed by atoms with Crippen LogP contribution in [0.3, 0.4) is 0 Å². The summed E-state index contributed by atoms with van der Waals surface area (Å²) < 4.78 is 1.77. The third-order valence-electron chi connectivity index (χ3n) is 6.31. The summed E-state index contributed by atoms with van der Waals surface area (Å²) in [4.78, 5) is 21.7. The first-order chi connectivity index (χ1) is 14.5. The fourth-order valence-electron chi connectivity index (χ4n) is 4.92. The molecule has 4 heterocycles. The fourth-order valence-corrected chi connectivity index (χ4v) is 5.12. The van der Waals surface area contributed by atoms with Gasteiger partial charge in [0, 0.05) is 43.3 Å². The second-order valence-corrected chi connectivity index (χ2v) is 8.70. The average molecular weight is 424 g/mol. The van der Waals surface area contributed by atoms with Gasteiger partial charge in [-0.25, -0.2) is 4.98 Å². The van der Waals surface area contributed by atoms with Crippen molar-refractivity contribution in [2.75, 3.05) is 18.4 Å². The summed E-state index contributed by atoms with van der Waals surface area (Å²) in [5.74, 6) is 0.891. The molecule has 1 amide bonds. The number of anilines is 1. The van der Waals surface area contributed by atoms with Crippen LogP contribution in [0.5, 0.6) is 0 Å². The molecule has 2 unspecified atom stereocenters. The summed E-state index contributed by atoms with van der Waals surface area (Å²) >= 11 is 6.52. The van der Waals surface area contributed by atoms with Crippen LogP contribution in [-0.4, -0.2) is 49.7 Å². The topological polar surface area (TPSA) is 103 Å². The number of aromatic amines is 1. The molecule has 1 aliphatic carbocycles. The minimum Gasteiger partial charge on any atom is -0.380 e. The molecule has 5 rings (SSSR count). The molecule has 2 atom stereocenters. The number of hydrogen-bond donors (Lipinski definition) is 2. The van der Waals surface area contributed by atoms with Gasteiger partial charge in [-0.3, -0.25) is 9.48 Å². The summed E-state index contributed by atoms with van der Waals surface area (Å²) in [7, 11) is 1.89. The number of fused-ring (bicyclic) bond motifs is 2. The van der Waals surface area contributed by atoms with Crippen molar-refractivity contribution in [3.63, 3.8) is 0 Å². The van der Waals surface area contributed by atoms with Crippen LogP contribution in [-0.2, 0) is 11.8 Å². The first kappa shape index (κ1) is 18.9. The Labute approximate surface area is 178 Å². The Balaban J connectivity index is 1.34. The van der Waals surface area contributed by atoms with Crippen molar-refractivity contribution >= 4 is 34.2 Å². The van der Waals surface area contributed by atoms with Crippen LogP contribution in [0.15, 0.2) is 24.7 Å². The van der Waals surface area contributed by atoms with Crippen molar-refractivity contribution in [1.29, 1.82) is 5.26 Å². The van der Waals surface area contributed by atoms with Crippen LogP contribution in [0.2, 0.25) is 5.02 Å². The van der Waals surface area contributed by atoms with Gasteiger partial charge in [0.1, 0.15) is 12.1 Å². The zero-order valence-electron chi connectivity index (χ0n) is 16.6. The van der Waals surface area contributed by atoms with E-state index in [-0.39, 0.29) is 12.3 Å². The van der Waals surface area contributed by atoms with E-state index in [2.05, 4.69) is 26.4 Å². The normalized spacial score (nSPS) is 23.0. The summed E-state index contributed by atoms with van der Waals surface area (Å²) in [6, 6.07) is 4.32. The molecule has 2 N–H and O–H groups in total. The number of carbonyl (C=O) groups is 1. The van der Waals surface area contributed by atoms with Crippen LogP contribution in [0, 0.1) is 23.2 Å². The van der Waals surface area contributed by atoms with Gasteiger partial charge in [-0.2, -0.15) is 10.4 Å². The number of hydrogen-bond acceptors (Lipinski definition) is 5. The van der Waals surface area contributed by atoms with Crippen molar-refractivity contribution in [2.45, 2.75) is 25.3 Å². The first-order valence-corrected chi connectivity index (χ1v) is 10.5. The van der Waals surface area contributed by atoms with Gasteiger partial charge in [-0.1, -0.05) is 11.6 Å². The number of halogens is 1. The molecule has 1 saturated carbocycles. The highest BCUT2D eigenvalue weighted by atomic mass is 35.5. The van der Waals surface area contributed by atoms with Crippen molar-refractivity contribution in [3.05, 3.63) is 29.7 Å². The van der Waals surface area contributed by atoms with Crippen LogP contribution >= 0.6 is 11.6 Å². The number of carbonyl (C=O) groups excluding carboxylic acids is 1. The molecule has 0 aromatic carbocycles. The summed E-state index contributed by atoms with van der Waals surface area (Å²) in [5, 5.41) is 18.2. The molecule has 8 nitrogen and oxygen atoms in total. The smallest absolute Gasteiger partial charge is 0.236 e. The number of nitriles is 1. The first-order valence-electron chi connectivity index (χ1n) is 10.1. The van der Waals surface area contributed by atoms with Gasteiger partial charge < -0.3 is 15.2 Å². The monoisotopic (exact) mass is 423 g/mol. The number of pyridine rings is 1. The third kappa shape index (κ3) is 3.29.